The summed E-state index contributed by atoms with van der Waals surface area (Å²) in [6.45, 7) is 8.18. The first-order valence-electron chi connectivity index (χ1n) is 4.92. The molecule has 1 N–H and O–H groups in total. The summed E-state index contributed by atoms with van der Waals surface area (Å²) >= 11 is 0. The zero-order chi connectivity index (χ0) is 10.4. The predicted molar refractivity (Wildman–Crippen MR) is 54.0 cm³/mol. The minimum absolute atomic E-state index is 0.501. The third-order valence-electron chi connectivity index (χ3n) is 1.72. The molecule has 4 nitrogen and oxygen atoms in total. The highest BCUT2D eigenvalue weighted by atomic mass is 16.5. The van der Waals surface area contributed by atoms with Gasteiger partial charge in [-0.1, -0.05) is 19.0 Å². The molecular weight excluding hydrogens is 180 g/mol. The molecule has 0 aliphatic rings. The molecule has 0 radical (unpaired) electrons. The van der Waals surface area contributed by atoms with Gasteiger partial charge in [-0.3, -0.25) is 0 Å². The summed E-state index contributed by atoms with van der Waals surface area (Å²) in [5.41, 5.74) is 0.893. The maximum Gasteiger partial charge on any atom is 0.162 e. The van der Waals surface area contributed by atoms with E-state index in [1.807, 2.05) is 13.0 Å². The number of ether oxygens (including phenoxy) is 1. The van der Waals surface area contributed by atoms with Crippen molar-refractivity contribution in [3.63, 3.8) is 0 Å². The molecule has 0 saturated heterocycles. The van der Waals surface area contributed by atoms with Gasteiger partial charge in [0, 0.05) is 18.7 Å². The molecule has 14 heavy (non-hydrogen) atoms. The van der Waals surface area contributed by atoms with E-state index in [1.54, 1.807) is 0 Å². The molecule has 0 bridgehead atoms. The first kappa shape index (κ1) is 11.2. The van der Waals surface area contributed by atoms with Crippen molar-refractivity contribution in [2.75, 3.05) is 13.2 Å². The van der Waals surface area contributed by atoms with Gasteiger partial charge >= 0.3 is 0 Å². The van der Waals surface area contributed by atoms with Crippen LogP contribution in [0.4, 0.5) is 0 Å². The van der Waals surface area contributed by atoms with E-state index in [2.05, 4.69) is 24.3 Å². The maximum atomic E-state index is 5.39. The molecule has 0 atom stereocenters. The zero-order valence-electron chi connectivity index (χ0n) is 9.04. The topological polar surface area (TPSA) is 47.3 Å². The number of hydrogen-bond acceptors (Lipinski definition) is 4. The van der Waals surface area contributed by atoms with E-state index in [9.17, 15) is 0 Å². The van der Waals surface area contributed by atoms with Gasteiger partial charge in [-0.2, -0.15) is 0 Å². The summed E-state index contributed by atoms with van der Waals surface area (Å²) in [4.78, 5) is 0. The number of aryl methyl sites for hydroxylation is 1. The highest BCUT2D eigenvalue weighted by Crippen LogP contribution is 2.02. The Kier molecular flexibility index (Phi) is 4.62. The SMILES string of the molecule is Cc1cc(COCCNC(C)C)on1. The minimum Gasteiger partial charge on any atom is -0.372 e. The number of aromatic nitrogens is 1. The summed E-state index contributed by atoms with van der Waals surface area (Å²) in [7, 11) is 0. The average Bonchev–Trinajstić information content (AvgIpc) is 2.50. The van der Waals surface area contributed by atoms with Gasteiger partial charge < -0.3 is 14.6 Å². The van der Waals surface area contributed by atoms with Gasteiger partial charge in [0.05, 0.1) is 12.3 Å². The van der Waals surface area contributed by atoms with Gasteiger partial charge in [-0.25, -0.2) is 0 Å². The van der Waals surface area contributed by atoms with Gasteiger partial charge in [0.1, 0.15) is 6.61 Å². The molecule has 0 spiro atoms. The smallest absolute Gasteiger partial charge is 0.162 e. The second kappa shape index (κ2) is 5.78. The molecule has 0 aliphatic heterocycles. The molecule has 1 heterocycles. The largest absolute Gasteiger partial charge is 0.372 e. The Balaban J connectivity index is 2.04. The Hall–Kier alpha value is -0.870. The molecule has 0 aromatic carbocycles. The lowest BCUT2D eigenvalue weighted by molar-refractivity contribution is 0.102. The average molecular weight is 198 g/mol. The van der Waals surface area contributed by atoms with Crippen LogP contribution in [-0.2, 0) is 11.3 Å². The Morgan fingerprint density at radius 2 is 2.36 bits per heavy atom. The standard InChI is InChI=1S/C10H18N2O2/c1-8(2)11-4-5-13-7-10-6-9(3)12-14-10/h6,8,11H,4-5,7H2,1-3H3. The molecule has 0 aliphatic carbocycles. The lowest BCUT2D eigenvalue weighted by Gasteiger charge is -2.07. The predicted octanol–water partition coefficient (Wildman–Crippen LogP) is 1.50. The van der Waals surface area contributed by atoms with Crippen LogP contribution in [0.15, 0.2) is 10.6 Å². The van der Waals surface area contributed by atoms with E-state index >= 15 is 0 Å². The molecule has 0 fully saturated rings. The Bertz CT molecular complexity index is 258. The molecule has 0 amide bonds. The molecule has 80 valence electrons. The first-order valence-corrected chi connectivity index (χ1v) is 4.92. The van der Waals surface area contributed by atoms with Crippen molar-refractivity contribution in [2.45, 2.75) is 33.4 Å². The van der Waals surface area contributed by atoms with Crippen LogP contribution in [0.1, 0.15) is 25.3 Å². The number of nitrogens with one attached hydrogen (secondary N) is 1. The Morgan fingerprint density at radius 3 is 2.93 bits per heavy atom. The van der Waals surface area contributed by atoms with Gasteiger partial charge in [0.2, 0.25) is 0 Å². The van der Waals surface area contributed by atoms with Crippen LogP contribution in [0.5, 0.6) is 0 Å². The van der Waals surface area contributed by atoms with Crippen molar-refractivity contribution >= 4 is 0 Å². The van der Waals surface area contributed by atoms with E-state index < -0.39 is 0 Å². The lowest BCUT2D eigenvalue weighted by Crippen LogP contribution is -2.26. The fourth-order valence-electron chi connectivity index (χ4n) is 1.08. The van der Waals surface area contributed by atoms with Crippen molar-refractivity contribution in [2.24, 2.45) is 0 Å². The van der Waals surface area contributed by atoms with Crippen molar-refractivity contribution in [3.05, 3.63) is 17.5 Å². The molecule has 0 unspecified atom stereocenters. The van der Waals surface area contributed by atoms with Gasteiger partial charge in [-0.15, -0.1) is 0 Å². The third-order valence-corrected chi connectivity index (χ3v) is 1.72. The summed E-state index contributed by atoms with van der Waals surface area (Å²) < 4.78 is 10.4. The maximum absolute atomic E-state index is 5.39. The van der Waals surface area contributed by atoms with Crippen LogP contribution in [0, 0.1) is 6.92 Å². The molecule has 1 aromatic heterocycles. The third kappa shape index (κ3) is 4.39. The molecule has 4 heteroatoms. The summed E-state index contributed by atoms with van der Waals surface area (Å²) in [5, 5.41) is 7.04. The normalized spacial score (nSPS) is 11.1. The molecule has 0 saturated carbocycles. The number of nitrogens with zero attached hydrogens (tertiary/aromatic N) is 1. The van der Waals surface area contributed by atoms with E-state index in [0.717, 1.165) is 18.0 Å². The van der Waals surface area contributed by atoms with Crippen molar-refractivity contribution in [1.29, 1.82) is 0 Å². The van der Waals surface area contributed by atoms with Gasteiger partial charge in [-0.05, 0) is 6.92 Å². The fourth-order valence-corrected chi connectivity index (χ4v) is 1.08. The summed E-state index contributed by atoms with van der Waals surface area (Å²) in [6, 6.07) is 2.39. The molecule has 1 rings (SSSR count). The second-order valence-corrected chi connectivity index (χ2v) is 3.60. The highest BCUT2D eigenvalue weighted by molar-refractivity contribution is 5.01. The minimum atomic E-state index is 0.501. The van der Waals surface area contributed by atoms with Crippen molar-refractivity contribution in [1.82, 2.24) is 10.5 Å². The first-order chi connectivity index (χ1) is 6.68. The van der Waals surface area contributed by atoms with Crippen LogP contribution >= 0.6 is 0 Å². The van der Waals surface area contributed by atoms with E-state index in [0.29, 0.717) is 19.3 Å². The Labute approximate surface area is 84.6 Å². The van der Waals surface area contributed by atoms with Crippen LogP contribution in [-0.4, -0.2) is 24.4 Å². The molecular formula is C10H18N2O2. The number of rotatable bonds is 6. The monoisotopic (exact) mass is 198 g/mol. The lowest BCUT2D eigenvalue weighted by atomic mass is 10.4. The van der Waals surface area contributed by atoms with Crippen LogP contribution < -0.4 is 5.32 Å². The Morgan fingerprint density at radius 1 is 1.57 bits per heavy atom. The van der Waals surface area contributed by atoms with Crippen molar-refractivity contribution in [3.8, 4) is 0 Å². The van der Waals surface area contributed by atoms with Crippen molar-refractivity contribution < 1.29 is 9.26 Å². The second-order valence-electron chi connectivity index (χ2n) is 3.60. The van der Waals surface area contributed by atoms with Crippen LogP contribution in [0.2, 0.25) is 0 Å². The highest BCUT2D eigenvalue weighted by Gasteiger charge is 1.99. The van der Waals surface area contributed by atoms with Gasteiger partial charge in [0.25, 0.3) is 0 Å². The van der Waals surface area contributed by atoms with Crippen LogP contribution in [0.3, 0.4) is 0 Å². The number of hydrogen-bond donors (Lipinski definition) is 1. The summed E-state index contributed by atoms with van der Waals surface area (Å²) in [5.74, 6) is 0.784. The van der Waals surface area contributed by atoms with E-state index in [1.165, 1.54) is 0 Å². The van der Waals surface area contributed by atoms with E-state index in [-0.39, 0.29) is 0 Å². The fraction of sp³-hybridized carbons (Fsp3) is 0.700. The zero-order valence-corrected chi connectivity index (χ0v) is 9.04. The van der Waals surface area contributed by atoms with E-state index in [4.69, 9.17) is 9.26 Å². The van der Waals surface area contributed by atoms with Gasteiger partial charge in [0.15, 0.2) is 5.76 Å². The summed E-state index contributed by atoms with van der Waals surface area (Å²) in [6.07, 6.45) is 0. The van der Waals surface area contributed by atoms with Crippen LogP contribution in [0.25, 0.3) is 0 Å². The molecule has 1 aromatic rings. The quantitative estimate of drug-likeness (QED) is 0.704.